The molecule has 1 N–H and O–H groups in total. The van der Waals surface area contributed by atoms with Gasteiger partial charge in [0.2, 0.25) is 0 Å². The largest absolute Gasteiger partial charge is 0.312 e. The maximum Gasteiger partial charge on any atom is 0.0300 e. The number of aryl methyl sites for hydroxylation is 1. The van der Waals surface area contributed by atoms with Crippen molar-refractivity contribution in [2.75, 3.05) is 13.1 Å². The van der Waals surface area contributed by atoms with Gasteiger partial charge in [-0.2, -0.15) is 0 Å². The van der Waals surface area contributed by atoms with E-state index in [1.165, 1.54) is 29.1 Å². The maximum atomic E-state index is 3.54. The smallest absolute Gasteiger partial charge is 0.0300 e. The van der Waals surface area contributed by atoms with Crippen LogP contribution < -0.4 is 5.32 Å². The Bertz CT molecular complexity index is 393. The van der Waals surface area contributed by atoms with Gasteiger partial charge in [0.1, 0.15) is 0 Å². The Morgan fingerprint density at radius 2 is 2.16 bits per heavy atom. The average Bonchev–Trinajstić information content (AvgIpc) is 3.12. The molecular weight excluding hydrogens is 252 g/mol. The molecule has 2 nitrogen and oxygen atoms in total. The van der Waals surface area contributed by atoms with Crippen LogP contribution in [0, 0.1) is 12.8 Å². The zero-order chi connectivity index (χ0) is 13.8. The van der Waals surface area contributed by atoms with Gasteiger partial charge >= 0.3 is 0 Å². The first-order valence-corrected chi connectivity index (χ1v) is 8.44. The molecule has 0 spiro atoms. The van der Waals surface area contributed by atoms with E-state index in [1.807, 2.05) is 11.3 Å². The predicted molar refractivity (Wildman–Crippen MR) is 84.7 cm³/mol. The van der Waals surface area contributed by atoms with Crippen molar-refractivity contribution in [1.82, 2.24) is 10.2 Å². The number of nitrogens with zero attached hydrogens (tertiary/aromatic N) is 1. The van der Waals surface area contributed by atoms with Crippen molar-refractivity contribution in [2.24, 2.45) is 5.92 Å². The second kappa shape index (κ2) is 6.87. The van der Waals surface area contributed by atoms with Crippen molar-refractivity contribution in [3.63, 3.8) is 0 Å². The summed E-state index contributed by atoms with van der Waals surface area (Å²) in [6.45, 7) is 13.5. The number of thiophene rings is 1. The zero-order valence-corrected chi connectivity index (χ0v) is 13.6. The second-order valence-corrected chi connectivity index (χ2v) is 7.45. The van der Waals surface area contributed by atoms with E-state index in [2.05, 4.69) is 44.0 Å². The van der Waals surface area contributed by atoms with Crippen molar-refractivity contribution in [3.05, 3.63) is 21.4 Å². The van der Waals surface area contributed by atoms with Gasteiger partial charge in [0.05, 0.1) is 0 Å². The number of hydrogen-bond acceptors (Lipinski definition) is 3. The molecule has 1 aromatic heterocycles. The summed E-state index contributed by atoms with van der Waals surface area (Å²) in [7, 11) is 0. The van der Waals surface area contributed by atoms with Gasteiger partial charge in [-0.15, -0.1) is 11.3 Å². The highest BCUT2D eigenvalue weighted by molar-refractivity contribution is 7.12. The van der Waals surface area contributed by atoms with E-state index >= 15 is 0 Å². The maximum absolute atomic E-state index is 3.54. The fourth-order valence-electron chi connectivity index (χ4n) is 2.47. The van der Waals surface area contributed by atoms with E-state index < -0.39 is 0 Å². The van der Waals surface area contributed by atoms with Gasteiger partial charge in [-0.1, -0.05) is 20.8 Å². The third kappa shape index (κ3) is 4.59. The normalized spacial score (nSPS) is 15.7. The first kappa shape index (κ1) is 15.0. The molecule has 0 saturated heterocycles. The van der Waals surface area contributed by atoms with E-state index in [-0.39, 0.29) is 0 Å². The van der Waals surface area contributed by atoms with E-state index in [0.717, 1.165) is 31.6 Å². The van der Waals surface area contributed by atoms with E-state index in [0.29, 0.717) is 0 Å². The second-order valence-electron chi connectivity index (χ2n) is 6.11. The summed E-state index contributed by atoms with van der Waals surface area (Å²) in [5, 5.41) is 3.54. The topological polar surface area (TPSA) is 15.3 Å². The Balaban J connectivity index is 1.88. The van der Waals surface area contributed by atoms with Crippen molar-refractivity contribution >= 4 is 11.3 Å². The van der Waals surface area contributed by atoms with Gasteiger partial charge in [0.25, 0.3) is 0 Å². The van der Waals surface area contributed by atoms with Crippen molar-refractivity contribution in [2.45, 2.75) is 59.7 Å². The summed E-state index contributed by atoms with van der Waals surface area (Å²) in [6, 6.07) is 3.28. The lowest BCUT2D eigenvalue weighted by Crippen LogP contribution is -2.25. The van der Waals surface area contributed by atoms with Crippen LogP contribution in [0.25, 0.3) is 0 Å². The molecule has 1 saturated carbocycles. The van der Waals surface area contributed by atoms with Crippen LogP contribution >= 0.6 is 11.3 Å². The molecule has 19 heavy (non-hydrogen) atoms. The van der Waals surface area contributed by atoms with Crippen LogP contribution in [0.5, 0.6) is 0 Å². The summed E-state index contributed by atoms with van der Waals surface area (Å²) >= 11 is 1.96. The zero-order valence-electron chi connectivity index (χ0n) is 12.8. The standard InChI is InChI=1S/C16H28N2S/c1-5-18(15-6-7-15)11-14-8-16(19-13(14)4)10-17-9-12(2)3/h8,12,15,17H,5-7,9-11H2,1-4H3. The summed E-state index contributed by atoms with van der Waals surface area (Å²) in [5.74, 6) is 0.728. The summed E-state index contributed by atoms with van der Waals surface area (Å²) in [5.41, 5.74) is 1.54. The van der Waals surface area contributed by atoms with Gasteiger partial charge in [-0.05, 0) is 50.4 Å². The van der Waals surface area contributed by atoms with Gasteiger partial charge in [0, 0.05) is 28.9 Å². The molecule has 1 heterocycles. The lowest BCUT2D eigenvalue weighted by atomic mass is 10.2. The Morgan fingerprint density at radius 1 is 1.42 bits per heavy atom. The minimum atomic E-state index is 0.728. The molecule has 1 aromatic rings. The van der Waals surface area contributed by atoms with Gasteiger partial charge in [-0.25, -0.2) is 0 Å². The van der Waals surface area contributed by atoms with Crippen LogP contribution in [-0.4, -0.2) is 24.0 Å². The van der Waals surface area contributed by atoms with Crippen LogP contribution in [0.2, 0.25) is 0 Å². The summed E-state index contributed by atoms with van der Waals surface area (Å²) in [4.78, 5) is 5.61. The fraction of sp³-hybridized carbons (Fsp3) is 0.750. The Morgan fingerprint density at radius 3 is 2.74 bits per heavy atom. The highest BCUT2D eigenvalue weighted by Crippen LogP contribution is 2.30. The molecule has 108 valence electrons. The van der Waals surface area contributed by atoms with Gasteiger partial charge in [-0.3, -0.25) is 4.90 Å². The summed E-state index contributed by atoms with van der Waals surface area (Å²) < 4.78 is 0. The van der Waals surface area contributed by atoms with E-state index in [9.17, 15) is 0 Å². The van der Waals surface area contributed by atoms with Crippen LogP contribution in [-0.2, 0) is 13.1 Å². The number of rotatable bonds is 8. The highest BCUT2D eigenvalue weighted by atomic mass is 32.1. The monoisotopic (exact) mass is 280 g/mol. The van der Waals surface area contributed by atoms with Crippen molar-refractivity contribution in [1.29, 1.82) is 0 Å². The molecule has 2 rings (SSSR count). The van der Waals surface area contributed by atoms with Crippen LogP contribution in [0.3, 0.4) is 0 Å². The number of hydrogen-bond donors (Lipinski definition) is 1. The molecule has 0 unspecified atom stereocenters. The molecule has 3 heteroatoms. The van der Waals surface area contributed by atoms with Crippen molar-refractivity contribution in [3.8, 4) is 0 Å². The molecule has 1 aliphatic carbocycles. The van der Waals surface area contributed by atoms with Crippen LogP contribution in [0.15, 0.2) is 6.07 Å². The quantitative estimate of drug-likeness (QED) is 0.779. The van der Waals surface area contributed by atoms with E-state index in [4.69, 9.17) is 0 Å². The minimum absolute atomic E-state index is 0.728. The van der Waals surface area contributed by atoms with Gasteiger partial charge < -0.3 is 5.32 Å². The number of nitrogens with one attached hydrogen (secondary N) is 1. The van der Waals surface area contributed by atoms with Crippen molar-refractivity contribution < 1.29 is 0 Å². The third-order valence-corrected chi connectivity index (χ3v) is 4.86. The molecule has 0 amide bonds. The molecule has 0 bridgehead atoms. The molecule has 1 fully saturated rings. The molecule has 0 aromatic carbocycles. The SMILES string of the molecule is CCN(Cc1cc(CNCC(C)C)sc1C)C1CC1. The Labute approximate surface area is 122 Å². The molecule has 0 radical (unpaired) electrons. The third-order valence-electron chi connectivity index (χ3n) is 3.77. The molecule has 0 aliphatic heterocycles. The first-order valence-electron chi connectivity index (χ1n) is 7.63. The van der Waals surface area contributed by atoms with Crippen LogP contribution in [0.4, 0.5) is 0 Å². The lowest BCUT2D eigenvalue weighted by Gasteiger charge is -2.19. The Hall–Kier alpha value is -0.380. The molecular formula is C16H28N2S. The van der Waals surface area contributed by atoms with E-state index in [1.54, 1.807) is 5.56 Å². The lowest BCUT2D eigenvalue weighted by molar-refractivity contribution is 0.269. The fourth-order valence-corrected chi connectivity index (χ4v) is 3.50. The minimum Gasteiger partial charge on any atom is -0.312 e. The molecule has 0 atom stereocenters. The highest BCUT2D eigenvalue weighted by Gasteiger charge is 2.28. The Kier molecular flexibility index (Phi) is 5.43. The summed E-state index contributed by atoms with van der Waals surface area (Å²) in [6.07, 6.45) is 2.81. The first-order chi connectivity index (χ1) is 9.10. The molecule has 1 aliphatic rings. The van der Waals surface area contributed by atoms with Gasteiger partial charge in [0.15, 0.2) is 0 Å². The average molecular weight is 280 g/mol. The predicted octanol–water partition coefficient (Wildman–Crippen LogP) is 3.79. The van der Waals surface area contributed by atoms with Crippen LogP contribution in [0.1, 0.15) is 48.9 Å².